The summed E-state index contributed by atoms with van der Waals surface area (Å²) in [5, 5.41) is 19.0. The van der Waals surface area contributed by atoms with Crippen molar-refractivity contribution in [3.8, 4) is 11.5 Å². The molecule has 1 amide bonds. The van der Waals surface area contributed by atoms with Gasteiger partial charge in [0.25, 0.3) is 5.91 Å². The predicted octanol–water partition coefficient (Wildman–Crippen LogP) is 2.64. The van der Waals surface area contributed by atoms with Gasteiger partial charge in [-0.3, -0.25) is 4.79 Å². The highest BCUT2D eigenvalue weighted by atomic mass is 16.5. The maximum absolute atomic E-state index is 12.9. The molecule has 2 aliphatic rings. The van der Waals surface area contributed by atoms with Crippen LogP contribution >= 0.6 is 0 Å². The summed E-state index contributed by atoms with van der Waals surface area (Å²) in [5.41, 5.74) is 3.02. The van der Waals surface area contributed by atoms with Crippen LogP contribution < -0.4 is 14.4 Å². The Labute approximate surface area is 157 Å². The van der Waals surface area contributed by atoms with E-state index in [-0.39, 0.29) is 24.7 Å². The lowest BCUT2D eigenvalue weighted by Crippen LogP contribution is -2.23. The normalized spacial score (nSPS) is 21.4. The van der Waals surface area contributed by atoms with E-state index in [4.69, 9.17) is 9.47 Å². The molecule has 2 unspecified atom stereocenters. The lowest BCUT2D eigenvalue weighted by Gasteiger charge is -2.20. The number of aliphatic hydroxyl groups is 2. The van der Waals surface area contributed by atoms with Gasteiger partial charge in [0.2, 0.25) is 0 Å². The number of benzene rings is 2. The SMILES string of the molecule is COc1ccc(N2Cc3ccc(CO)cc3C2=O)cc1OC1CCC(O)C1. The van der Waals surface area contributed by atoms with E-state index in [9.17, 15) is 15.0 Å². The first-order valence-electron chi connectivity index (χ1n) is 9.16. The van der Waals surface area contributed by atoms with Crippen molar-refractivity contribution >= 4 is 11.6 Å². The van der Waals surface area contributed by atoms with Crippen molar-refractivity contribution in [3.05, 3.63) is 53.1 Å². The maximum atomic E-state index is 12.9. The van der Waals surface area contributed by atoms with Gasteiger partial charge in [-0.1, -0.05) is 12.1 Å². The Bertz CT molecular complexity index is 866. The van der Waals surface area contributed by atoms with Gasteiger partial charge in [-0.2, -0.15) is 0 Å². The van der Waals surface area contributed by atoms with Crippen LogP contribution in [-0.2, 0) is 13.2 Å². The first-order chi connectivity index (χ1) is 13.1. The van der Waals surface area contributed by atoms with E-state index in [1.165, 1.54) is 0 Å². The molecule has 0 bridgehead atoms. The van der Waals surface area contributed by atoms with Crippen molar-refractivity contribution < 1.29 is 24.5 Å². The molecule has 0 radical (unpaired) electrons. The molecule has 2 atom stereocenters. The molecule has 2 N–H and O–H groups in total. The fourth-order valence-electron chi connectivity index (χ4n) is 3.78. The molecule has 0 spiro atoms. The third-order valence-corrected chi connectivity index (χ3v) is 5.27. The van der Waals surface area contributed by atoms with Crippen LogP contribution in [0.4, 0.5) is 5.69 Å². The number of nitrogens with zero attached hydrogens (tertiary/aromatic N) is 1. The van der Waals surface area contributed by atoms with E-state index >= 15 is 0 Å². The first kappa shape index (κ1) is 17.8. The molecule has 0 saturated heterocycles. The summed E-state index contributed by atoms with van der Waals surface area (Å²) in [6.45, 7) is 0.391. The van der Waals surface area contributed by atoms with Crippen LogP contribution in [0.1, 0.15) is 40.7 Å². The monoisotopic (exact) mass is 369 g/mol. The highest BCUT2D eigenvalue weighted by molar-refractivity contribution is 6.10. The van der Waals surface area contributed by atoms with Gasteiger partial charge in [0.1, 0.15) is 6.10 Å². The number of carbonyl (C=O) groups excluding carboxylic acids is 1. The van der Waals surface area contributed by atoms with Crippen LogP contribution in [0.3, 0.4) is 0 Å². The number of hydrogen-bond acceptors (Lipinski definition) is 5. The van der Waals surface area contributed by atoms with Crippen molar-refractivity contribution in [3.63, 3.8) is 0 Å². The van der Waals surface area contributed by atoms with Crippen LogP contribution in [0.2, 0.25) is 0 Å². The second-order valence-electron chi connectivity index (χ2n) is 7.08. The van der Waals surface area contributed by atoms with E-state index in [1.54, 1.807) is 24.1 Å². The quantitative estimate of drug-likeness (QED) is 0.847. The maximum Gasteiger partial charge on any atom is 0.258 e. The number of methoxy groups -OCH3 is 1. The van der Waals surface area contributed by atoms with Gasteiger partial charge in [-0.15, -0.1) is 0 Å². The summed E-state index contributed by atoms with van der Waals surface area (Å²) in [4.78, 5) is 14.6. The summed E-state index contributed by atoms with van der Waals surface area (Å²) in [5.74, 6) is 1.09. The molecule has 1 aliphatic carbocycles. The van der Waals surface area contributed by atoms with Gasteiger partial charge < -0.3 is 24.6 Å². The van der Waals surface area contributed by atoms with Crippen molar-refractivity contribution in [1.82, 2.24) is 0 Å². The third kappa shape index (κ3) is 3.38. The summed E-state index contributed by atoms with van der Waals surface area (Å²) < 4.78 is 11.5. The summed E-state index contributed by atoms with van der Waals surface area (Å²) in [6, 6.07) is 10.9. The van der Waals surface area contributed by atoms with Gasteiger partial charge in [-0.05, 0) is 42.2 Å². The largest absolute Gasteiger partial charge is 0.493 e. The second-order valence-corrected chi connectivity index (χ2v) is 7.08. The summed E-state index contributed by atoms with van der Waals surface area (Å²) in [6.07, 6.45) is 1.76. The van der Waals surface area contributed by atoms with Crippen molar-refractivity contribution in [2.75, 3.05) is 12.0 Å². The number of carbonyl (C=O) groups is 1. The molecule has 27 heavy (non-hydrogen) atoms. The van der Waals surface area contributed by atoms with Crippen molar-refractivity contribution in [2.24, 2.45) is 0 Å². The molecule has 1 fully saturated rings. The second kappa shape index (κ2) is 7.21. The molecule has 6 heteroatoms. The summed E-state index contributed by atoms with van der Waals surface area (Å²) in [7, 11) is 1.58. The number of fused-ring (bicyclic) bond motifs is 1. The zero-order valence-electron chi connectivity index (χ0n) is 15.2. The minimum absolute atomic E-state index is 0.0530. The Morgan fingerprint density at radius 1 is 1.15 bits per heavy atom. The molecule has 0 aromatic heterocycles. The molecule has 1 heterocycles. The molecule has 1 aliphatic heterocycles. The molecule has 1 saturated carbocycles. The Morgan fingerprint density at radius 2 is 2.00 bits per heavy atom. The lowest BCUT2D eigenvalue weighted by molar-refractivity contribution is 0.0996. The van der Waals surface area contributed by atoms with Crippen molar-refractivity contribution in [2.45, 2.75) is 44.6 Å². The van der Waals surface area contributed by atoms with Crippen LogP contribution in [0, 0.1) is 0 Å². The van der Waals surface area contributed by atoms with Crippen LogP contribution in [0.25, 0.3) is 0 Å². The summed E-state index contributed by atoms with van der Waals surface area (Å²) >= 11 is 0. The Hall–Kier alpha value is -2.57. The molecule has 142 valence electrons. The standard InChI is InChI=1S/C21H23NO5/c1-26-19-7-4-15(9-20(19)27-17-6-5-16(24)10-17)22-11-14-3-2-13(12-23)8-18(14)21(22)25/h2-4,7-9,16-17,23-24H,5-6,10-12H2,1H3. The number of aliphatic hydroxyl groups excluding tert-OH is 2. The zero-order valence-corrected chi connectivity index (χ0v) is 15.2. The van der Waals surface area contributed by atoms with E-state index in [1.807, 2.05) is 24.3 Å². The minimum atomic E-state index is -0.320. The Morgan fingerprint density at radius 3 is 2.70 bits per heavy atom. The third-order valence-electron chi connectivity index (χ3n) is 5.27. The number of rotatable bonds is 5. The average Bonchev–Trinajstić information content (AvgIpc) is 3.24. The predicted molar refractivity (Wildman–Crippen MR) is 100 cm³/mol. The highest BCUT2D eigenvalue weighted by Crippen LogP contribution is 2.37. The van der Waals surface area contributed by atoms with Gasteiger partial charge in [-0.25, -0.2) is 0 Å². The fraction of sp³-hybridized carbons (Fsp3) is 0.381. The Kier molecular flexibility index (Phi) is 4.76. The van der Waals surface area contributed by atoms with E-state index in [0.29, 0.717) is 30.0 Å². The Balaban J connectivity index is 1.60. The number of amides is 1. The van der Waals surface area contributed by atoms with Gasteiger partial charge >= 0.3 is 0 Å². The zero-order chi connectivity index (χ0) is 19.0. The molecular weight excluding hydrogens is 346 g/mol. The molecular formula is C21H23NO5. The number of anilines is 1. The topological polar surface area (TPSA) is 79.2 Å². The van der Waals surface area contributed by atoms with E-state index in [0.717, 1.165) is 29.7 Å². The average molecular weight is 369 g/mol. The fourth-order valence-corrected chi connectivity index (χ4v) is 3.78. The van der Waals surface area contributed by atoms with Crippen LogP contribution in [0.15, 0.2) is 36.4 Å². The van der Waals surface area contributed by atoms with Gasteiger partial charge in [0.05, 0.1) is 26.4 Å². The van der Waals surface area contributed by atoms with E-state index < -0.39 is 0 Å². The molecule has 2 aromatic rings. The lowest BCUT2D eigenvalue weighted by atomic mass is 10.1. The molecule has 2 aromatic carbocycles. The first-order valence-corrected chi connectivity index (χ1v) is 9.16. The highest BCUT2D eigenvalue weighted by Gasteiger charge is 2.30. The molecule has 6 nitrogen and oxygen atoms in total. The number of hydrogen-bond donors (Lipinski definition) is 2. The van der Waals surface area contributed by atoms with Crippen LogP contribution in [0.5, 0.6) is 11.5 Å². The van der Waals surface area contributed by atoms with Gasteiger partial charge in [0.15, 0.2) is 11.5 Å². The molecule has 4 rings (SSSR count). The van der Waals surface area contributed by atoms with Crippen molar-refractivity contribution in [1.29, 1.82) is 0 Å². The minimum Gasteiger partial charge on any atom is -0.493 e. The van der Waals surface area contributed by atoms with Crippen LogP contribution in [-0.4, -0.2) is 35.4 Å². The smallest absolute Gasteiger partial charge is 0.258 e. The van der Waals surface area contributed by atoms with Gasteiger partial charge in [0, 0.05) is 23.7 Å². The van der Waals surface area contributed by atoms with E-state index in [2.05, 4.69) is 0 Å². The number of ether oxygens (including phenoxy) is 2.